The molecule has 23 heavy (non-hydrogen) atoms. The van der Waals surface area contributed by atoms with Crippen molar-refractivity contribution in [1.82, 2.24) is 0 Å². The maximum Gasteiger partial charge on any atom is 0.0784 e. The van der Waals surface area contributed by atoms with E-state index < -0.39 is 0 Å². The molecule has 0 aromatic heterocycles. The third-order valence-electron chi connectivity index (χ3n) is 6.69. The van der Waals surface area contributed by atoms with Gasteiger partial charge >= 0.3 is 0 Å². The smallest absolute Gasteiger partial charge is 0.0784 e. The number of unbranched alkanes of at least 4 members (excludes halogenated alkanes) is 2. The highest BCUT2D eigenvalue weighted by Gasteiger charge is 2.23. The first-order chi connectivity index (χ1) is 11.1. The molecule has 0 amide bonds. The van der Waals surface area contributed by atoms with E-state index in [0.29, 0.717) is 0 Å². The van der Waals surface area contributed by atoms with Crippen LogP contribution in [0.15, 0.2) is 0 Å². The first kappa shape index (κ1) is 19.2. The fraction of sp³-hybridized carbons (Fsp3) is 1.00. The molecule has 2 rings (SSSR count). The molecule has 0 aromatic carbocycles. The Morgan fingerprint density at radius 3 is 1.09 bits per heavy atom. The van der Waals surface area contributed by atoms with E-state index in [0.717, 1.165) is 0 Å². The van der Waals surface area contributed by atoms with Crippen LogP contribution in [0.3, 0.4) is 0 Å². The van der Waals surface area contributed by atoms with Gasteiger partial charge in [0.25, 0.3) is 0 Å². The Morgan fingerprint density at radius 2 is 0.739 bits per heavy atom. The minimum atomic E-state index is 1.37. The SMILES string of the molecule is C[N+]1(CCCCC[N+]2(C)CCCCCCC2)CCCCCCC1. The second-order valence-electron chi connectivity index (χ2n) is 9.18. The fourth-order valence-electron chi connectivity index (χ4n) is 4.87. The Balaban J connectivity index is 1.62. The Bertz CT molecular complexity index is 267. The molecule has 0 unspecified atom stereocenters. The van der Waals surface area contributed by atoms with Crippen molar-refractivity contribution in [2.75, 3.05) is 53.4 Å². The predicted octanol–water partition coefficient (Wildman–Crippen LogP) is 4.98. The van der Waals surface area contributed by atoms with E-state index in [1.807, 2.05) is 0 Å². The Hall–Kier alpha value is -0.0800. The quantitative estimate of drug-likeness (QED) is 0.477. The third-order valence-corrected chi connectivity index (χ3v) is 6.69. The summed E-state index contributed by atoms with van der Waals surface area (Å²) in [6.45, 7) is 8.62. The molecule has 136 valence electrons. The topological polar surface area (TPSA) is 0 Å². The van der Waals surface area contributed by atoms with E-state index in [-0.39, 0.29) is 0 Å². The van der Waals surface area contributed by atoms with Gasteiger partial charge in [-0.25, -0.2) is 0 Å². The zero-order valence-corrected chi connectivity index (χ0v) is 16.3. The number of hydrogen-bond donors (Lipinski definition) is 0. The summed E-state index contributed by atoms with van der Waals surface area (Å²) in [6.07, 6.45) is 19.1. The van der Waals surface area contributed by atoms with Crippen LogP contribution >= 0.6 is 0 Å². The van der Waals surface area contributed by atoms with Crippen LogP contribution in [0.5, 0.6) is 0 Å². The normalized spacial score (nSPS) is 25.8. The molecule has 0 aliphatic carbocycles. The van der Waals surface area contributed by atoms with Crippen molar-refractivity contribution in [2.45, 2.75) is 83.5 Å². The lowest BCUT2D eigenvalue weighted by Gasteiger charge is -2.37. The second kappa shape index (κ2) is 10.0. The molecule has 2 fully saturated rings. The van der Waals surface area contributed by atoms with Crippen LogP contribution in [0.4, 0.5) is 0 Å². The van der Waals surface area contributed by atoms with Crippen LogP contribution < -0.4 is 0 Å². The van der Waals surface area contributed by atoms with E-state index in [9.17, 15) is 0 Å². The van der Waals surface area contributed by atoms with E-state index in [4.69, 9.17) is 0 Å². The zero-order chi connectivity index (χ0) is 16.4. The van der Waals surface area contributed by atoms with Crippen LogP contribution in [0.2, 0.25) is 0 Å². The standard InChI is InChI=1S/C21H44N2/c1-22(16-10-5-3-6-11-17-22)20-14-9-15-21-23(2)18-12-7-4-8-13-19-23/h3-21H2,1-2H3/q+2. The molecule has 0 spiro atoms. The van der Waals surface area contributed by atoms with E-state index >= 15 is 0 Å². The van der Waals surface area contributed by atoms with Crippen molar-refractivity contribution in [1.29, 1.82) is 0 Å². The lowest BCUT2D eigenvalue weighted by molar-refractivity contribution is -0.912. The van der Waals surface area contributed by atoms with Gasteiger partial charge in [-0.1, -0.05) is 12.8 Å². The summed E-state index contributed by atoms with van der Waals surface area (Å²) in [5.74, 6) is 0. The van der Waals surface area contributed by atoms with Gasteiger partial charge in [0, 0.05) is 0 Å². The van der Waals surface area contributed by atoms with Crippen molar-refractivity contribution in [3.63, 3.8) is 0 Å². The van der Waals surface area contributed by atoms with Crippen molar-refractivity contribution in [3.8, 4) is 0 Å². The van der Waals surface area contributed by atoms with Gasteiger partial charge in [0.2, 0.25) is 0 Å². The van der Waals surface area contributed by atoms with Gasteiger partial charge in [0.05, 0.1) is 53.4 Å². The van der Waals surface area contributed by atoms with Gasteiger partial charge in [-0.05, 0) is 70.6 Å². The molecule has 2 aliphatic rings. The Labute approximate surface area is 146 Å². The summed E-state index contributed by atoms with van der Waals surface area (Å²) in [4.78, 5) is 0. The maximum atomic E-state index is 2.53. The molecule has 0 N–H and O–H groups in total. The number of quaternary nitrogens is 2. The molecule has 0 atom stereocenters. The minimum absolute atomic E-state index is 1.37. The highest BCUT2D eigenvalue weighted by atomic mass is 15.3. The van der Waals surface area contributed by atoms with E-state index in [1.165, 1.54) is 132 Å². The molecule has 0 radical (unpaired) electrons. The second-order valence-corrected chi connectivity index (χ2v) is 9.18. The van der Waals surface area contributed by atoms with Gasteiger partial charge in [-0.2, -0.15) is 0 Å². The average molecular weight is 325 g/mol. The minimum Gasteiger partial charge on any atom is -0.326 e. The van der Waals surface area contributed by atoms with Gasteiger partial charge in [0.1, 0.15) is 0 Å². The number of rotatable bonds is 6. The maximum absolute atomic E-state index is 2.53. The lowest BCUT2D eigenvalue weighted by atomic mass is 10.0. The Kier molecular flexibility index (Phi) is 8.40. The van der Waals surface area contributed by atoms with Gasteiger partial charge in [-0.15, -0.1) is 0 Å². The summed E-state index contributed by atoms with van der Waals surface area (Å²) < 4.78 is 2.73. The predicted molar refractivity (Wildman–Crippen MR) is 102 cm³/mol. The van der Waals surface area contributed by atoms with Gasteiger partial charge in [0.15, 0.2) is 0 Å². The highest BCUT2D eigenvalue weighted by molar-refractivity contribution is 4.54. The van der Waals surface area contributed by atoms with E-state index in [1.54, 1.807) is 0 Å². The van der Waals surface area contributed by atoms with Crippen molar-refractivity contribution in [2.24, 2.45) is 0 Å². The first-order valence-electron chi connectivity index (χ1n) is 10.8. The summed E-state index contributed by atoms with van der Waals surface area (Å²) in [6, 6.07) is 0. The lowest BCUT2D eigenvalue weighted by Crippen LogP contribution is -2.47. The van der Waals surface area contributed by atoms with E-state index in [2.05, 4.69) is 14.1 Å². The van der Waals surface area contributed by atoms with Gasteiger partial charge in [-0.3, -0.25) is 0 Å². The van der Waals surface area contributed by atoms with Crippen LogP contribution in [0, 0.1) is 0 Å². The largest absolute Gasteiger partial charge is 0.326 e. The number of hydrogen-bond acceptors (Lipinski definition) is 0. The van der Waals surface area contributed by atoms with Crippen LogP contribution in [-0.2, 0) is 0 Å². The van der Waals surface area contributed by atoms with Crippen LogP contribution in [0.25, 0.3) is 0 Å². The molecule has 2 nitrogen and oxygen atoms in total. The zero-order valence-electron chi connectivity index (χ0n) is 16.3. The summed E-state index contributed by atoms with van der Waals surface area (Å²) in [5.41, 5.74) is 0. The van der Waals surface area contributed by atoms with Crippen LogP contribution in [-0.4, -0.2) is 62.3 Å². The van der Waals surface area contributed by atoms with Crippen molar-refractivity contribution >= 4 is 0 Å². The van der Waals surface area contributed by atoms with Gasteiger partial charge < -0.3 is 8.97 Å². The summed E-state index contributed by atoms with van der Waals surface area (Å²) in [7, 11) is 5.05. The molecule has 2 saturated heterocycles. The molecule has 2 heteroatoms. The summed E-state index contributed by atoms with van der Waals surface area (Å²) >= 11 is 0. The molecule has 2 aliphatic heterocycles. The highest BCUT2D eigenvalue weighted by Crippen LogP contribution is 2.19. The number of nitrogens with zero attached hydrogens (tertiary/aromatic N) is 2. The monoisotopic (exact) mass is 324 g/mol. The molecule has 0 aromatic rings. The first-order valence-corrected chi connectivity index (χ1v) is 10.8. The Morgan fingerprint density at radius 1 is 0.435 bits per heavy atom. The molecule has 0 bridgehead atoms. The summed E-state index contributed by atoms with van der Waals surface area (Å²) in [5, 5.41) is 0. The molecular formula is C21H44N2+2. The number of likely N-dealkylation sites (tertiary alicyclic amines) is 2. The third kappa shape index (κ3) is 7.56. The van der Waals surface area contributed by atoms with Crippen molar-refractivity contribution in [3.05, 3.63) is 0 Å². The molecular weight excluding hydrogens is 280 g/mol. The van der Waals surface area contributed by atoms with Crippen LogP contribution in [0.1, 0.15) is 83.5 Å². The average Bonchev–Trinajstić information content (AvgIpc) is 2.48. The fourth-order valence-corrected chi connectivity index (χ4v) is 4.87. The molecule has 2 heterocycles. The molecule has 0 saturated carbocycles. The van der Waals surface area contributed by atoms with Crippen molar-refractivity contribution < 1.29 is 8.97 Å².